The van der Waals surface area contributed by atoms with Gasteiger partial charge in [-0.15, -0.1) is 0 Å². The highest BCUT2D eigenvalue weighted by Crippen LogP contribution is 1.89. The van der Waals surface area contributed by atoms with Crippen molar-refractivity contribution in [3.05, 3.63) is 0 Å². The van der Waals surface area contributed by atoms with Gasteiger partial charge in [0.1, 0.15) is 0 Å². The Morgan fingerprint density at radius 3 is 2.33 bits per heavy atom. The SMILES string of the molecule is CC(C)NC(=O)CCNC(C)CC(N)=O. The fraction of sp³-hybridized carbons (Fsp3) is 0.800. The molecule has 0 aliphatic heterocycles. The van der Waals surface area contributed by atoms with E-state index in [4.69, 9.17) is 5.73 Å². The molecule has 2 amide bonds. The normalized spacial score (nSPS) is 12.5. The third-order valence-corrected chi connectivity index (χ3v) is 1.80. The lowest BCUT2D eigenvalue weighted by Gasteiger charge is -2.12. The zero-order valence-corrected chi connectivity index (χ0v) is 9.67. The quantitative estimate of drug-likeness (QED) is 0.548. The van der Waals surface area contributed by atoms with Crippen LogP contribution in [0.4, 0.5) is 0 Å². The maximum absolute atomic E-state index is 11.2. The van der Waals surface area contributed by atoms with E-state index in [2.05, 4.69) is 10.6 Å². The van der Waals surface area contributed by atoms with Gasteiger partial charge < -0.3 is 16.4 Å². The topological polar surface area (TPSA) is 84.2 Å². The molecule has 0 aliphatic carbocycles. The number of carbonyl (C=O) groups is 2. The minimum Gasteiger partial charge on any atom is -0.370 e. The van der Waals surface area contributed by atoms with Gasteiger partial charge in [0.25, 0.3) is 0 Å². The van der Waals surface area contributed by atoms with Crippen LogP contribution in [0, 0.1) is 0 Å². The van der Waals surface area contributed by atoms with Crippen LogP contribution in [0.5, 0.6) is 0 Å². The molecule has 0 aromatic carbocycles. The first-order valence-corrected chi connectivity index (χ1v) is 5.23. The summed E-state index contributed by atoms with van der Waals surface area (Å²) in [4.78, 5) is 21.8. The molecule has 0 spiro atoms. The van der Waals surface area contributed by atoms with E-state index < -0.39 is 0 Å². The summed E-state index contributed by atoms with van der Waals surface area (Å²) in [7, 11) is 0. The third-order valence-electron chi connectivity index (χ3n) is 1.80. The Morgan fingerprint density at radius 2 is 1.87 bits per heavy atom. The molecule has 0 aromatic rings. The van der Waals surface area contributed by atoms with E-state index in [1.807, 2.05) is 20.8 Å². The van der Waals surface area contributed by atoms with Gasteiger partial charge in [-0.1, -0.05) is 0 Å². The van der Waals surface area contributed by atoms with E-state index >= 15 is 0 Å². The van der Waals surface area contributed by atoms with E-state index in [0.717, 1.165) is 0 Å². The van der Waals surface area contributed by atoms with Gasteiger partial charge in [0, 0.05) is 31.5 Å². The predicted octanol–water partition coefficient (Wildman–Crippen LogP) is -0.245. The number of nitrogens with one attached hydrogen (secondary N) is 2. The predicted molar refractivity (Wildman–Crippen MR) is 59.2 cm³/mol. The molecule has 15 heavy (non-hydrogen) atoms. The van der Waals surface area contributed by atoms with Crippen LogP contribution in [0.2, 0.25) is 0 Å². The van der Waals surface area contributed by atoms with Gasteiger partial charge in [-0.3, -0.25) is 9.59 Å². The molecule has 0 rings (SSSR count). The second-order valence-corrected chi connectivity index (χ2v) is 4.00. The summed E-state index contributed by atoms with van der Waals surface area (Å²) in [5.41, 5.74) is 5.03. The first kappa shape index (κ1) is 13.9. The van der Waals surface area contributed by atoms with Crippen LogP contribution < -0.4 is 16.4 Å². The second kappa shape index (κ2) is 7.23. The molecule has 0 heterocycles. The first-order chi connectivity index (χ1) is 6.91. The highest BCUT2D eigenvalue weighted by Gasteiger charge is 2.06. The van der Waals surface area contributed by atoms with Gasteiger partial charge in [-0.25, -0.2) is 0 Å². The van der Waals surface area contributed by atoms with Crippen molar-refractivity contribution in [3.8, 4) is 0 Å². The van der Waals surface area contributed by atoms with Crippen molar-refractivity contribution >= 4 is 11.8 Å². The van der Waals surface area contributed by atoms with Crippen molar-refractivity contribution in [2.75, 3.05) is 6.54 Å². The minimum absolute atomic E-state index is 0.0174. The first-order valence-electron chi connectivity index (χ1n) is 5.23. The summed E-state index contributed by atoms with van der Waals surface area (Å²) in [6, 6.07) is 0.190. The van der Waals surface area contributed by atoms with Crippen molar-refractivity contribution in [1.29, 1.82) is 0 Å². The molecular weight excluding hydrogens is 194 g/mol. The average Bonchev–Trinajstić information content (AvgIpc) is 2.00. The average molecular weight is 215 g/mol. The second-order valence-electron chi connectivity index (χ2n) is 4.00. The fourth-order valence-electron chi connectivity index (χ4n) is 1.20. The third kappa shape index (κ3) is 9.21. The van der Waals surface area contributed by atoms with Gasteiger partial charge in [0.2, 0.25) is 11.8 Å². The molecule has 0 fully saturated rings. The summed E-state index contributed by atoms with van der Waals surface area (Å²) >= 11 is 0. The van der Waals surface area contributed by atoms with Gasteiger partial charge in [0.15, 0.2) is 0 Å². The summed E-state index contributed by atoms with van der Waals surface area (Å²) < 4.78 is 0. The molecule has 0 radical (unpaired) electrons. The van der Waals surface area contributed by atoms with Crippen LogP contribution in [0.3, 0.4) is 0 Å². The number of rotatable bonds is 7. The molecule has 0 aliphatic rings. The van der Waals surface area contributed by atoms with E-state index in [-0.39, 0.29) is 23.9 Å². The molecule has 88 valence electrons. The minimum atomic E-state index is -0.332. The monoisotopic (exact) mass is 215 g/mol. The van der Waals surface area contributed by atoms with Crippen LogP contribution in [0.25, 0.3) is 0 Å². The van der Waals surface area contributed by atoms with E-state index in [9.17, 15) is 9.59 Å². The Morgan fingerprint density at radius 1 is 1.27 bits per heavy atom. The molecule has 0 saturated carbocycles. The Labute approximate surface area is 90.8 Å². The molecule has 1 atom stereocenters. The smallest absolute Gasteiger partial charge is 0.221 e. The molecule has 5 heteroatoms. The Bertz CT molecular complexity index is 217. The maximum Gasteiger partial charge on any atom is 0.221 e. The fourth-order valence-corrected chi connectivity index (χ4v) is 1.20. The number of hydrogen-bond donors (Lipinski definition) is 3. The Kier molecular flexibility index (Phi) is 6.70. The molecule has 5 nitrogen and oxygen atoms in total. The molecule has 0 aromatic heterocycles. The molecule has 1 unspecified atom stereocenters. The lowest BCUT2D eigenvalue weighted by molar-refractivity contribution is -0.121. The van der Waals surface area contributed by atoms with Gasteiger partial charge in [-0.05, 0) is 20.8 Å². The van der Waals surface area contributed by atoms with Crippen LogP contribution in [0.1, 0.15) is 33.6 Å². The maximum atomic E-state index is 11.2. The van der Waals surface area contributed by atoms with Crippen LogP contribution >= 0.6 is 0 Å². The van der Waals surface area contributed by atoms with Crippen LogP contribution in [-0.2, 0) is 9.59 Å². The summed E-state index contributed by atoms with van der Waals surface area (Å²) in [6.07, 6.45) is 0.715. The Balaban J connectivity index is 3.52. The summed E-state index contributed by atoms with van der Waals surface area (Å²) in [5, 5.41) is 5.84. The molecule has 0 bridgehead atoms. The highest BCUT2D eigenvalue weighted by atomic mass is 16.2. The van der Waals surface area contributed by atoms with Crippen molar-refractivity contribution in [1.82, 2.24) is 10.6 Å². The largest absolute Gasteiger partial charge is 0.370 e. The van der Waals surface area contributed by atoms with Crippen molar-refractivity contribution < 1.29 is 9.59 Å². The summed E-state index contributed by atoms with van der Waals surface area (Å²) in [6.45, 7) is 6.26. The zero-order valence-electron chi connectivity index (χ0n) is 9.67. The Hall–Kier alpha value is -1.10. The van der Waals surface area contributed by atoms with Crippen molar-refractivity contribution in [2.24, 2.45) is 5.73 Å². The lowest BCUT2D eigenvalue weighted by Crippen LogP contribution is -2.36. The number of amides is 2. The number of hydrogen-bond acceptors (Lipinski definition) is 3. The van der Waals surface area contributed by atoms with Crippen molar-refractivity contribution in [3.63, 3.8) is 0 Å². The molecular formula is C10H21N3O2. The molecule has 0 saturated heterocycles. The van der Waals surface area contributed by atoms with Gasteiger partial charge in [-0.2, -0.15) is 0 Å². The highest BCUT2D eigenvalue weighted by molar-refractivity contribution is 5.76. The van der Waals surface area contributed by atoms with Gasteiger partial charge in [0.05, 0.1) is 0 Å². The number of nitrogens with two attached hydrogens (primary N) is 1. The van der Waals surface area contributed by atoms with E-state index in [0.29, 0.717) is 19.4 Å². The lowest BCUT2D eigenvalue weighted by atomic mass is 10.2. The van der Waals surface area contributed by atoms with Crippen molar-refractivity contribution in [2.45, 2.75) is 45.7 Å². The number of primary amides is 1. The van der Waals surface area contributed by atoms with E-state index in [1.54, 1.807) is 0 Å². The van der Waals surface area contributed by atoms with Crippen LogP contribution in [-0.4, -0.2) is 30.4 Å². The van der Waals surface area contributed by atoms with Crippen LogP contribution in [0.15, 0.2) is 0 Å². The zero-order chi connectivity index (χ0) is 11.8. The summed E-state index contributed by atoms with van der Waals surface area (Å²) in [5.74, 6) is -0.314. The number of carbonyl (C=O) groups excluding carboxylic acids is 2. The standard InChI is InChI=1S/C10H21N3O2/c1-7(2)13-10(15)4-5-12-8(3)6-9(11)14/h7-8,12H,4-6H2,1-3H3,(H2,11,14)(H,13,15). The van der Waals surface area contributed by atoms with E-state index in [1.165, 1.54) is 0 Å². The van der Waals surface area contributed by atoms with Gasteiger partial charge >= 0.3 is 0 Å². The molecule has 4 N–H and O–H groups in total.